The van der Waals surface area contributed by atoms with E-state index in [1.54, 1.807) is 22.4 Å². The lowest BCUT2D eigenvalue weighted by molar-refractivity contribution is -0.695. The molecule has 4 heterocycles. The summed E-state index contributed by atoms with van der Waals surface area (Å²) in [6.07, 6.45) is 8.05. The first kappa shape index (κ1) is 24.5. The first-order chi connectivity index (χ1) is 17.7. The Kier molecular flexibility index (Phi) is 6.19. The average Bonchev–Trinajstić information content (AvgIpc) is 3.56. The minimum Gasteiger partial charge on any atom is -0.505 e. The van der Waals surface area contributed by atoms with Crippen molar-refractivity contribution in [1.29, 1.82) is 0 Å². The van der Waals surface area contributed by atoms with Crippen LogP contribution in [0.2, 0.25) is 0 Å². The fraction of sp³-hybridized carbons (Fsp3) is 0.310. The number of aryl methyl sites for hydroxylation is 2. The molecule has 0 bridgehead atoms. The van der Waals surface area contributed by atoms with Crippen LogP contribution in [0.3, 0.4) is 0 Å². The third-order valence-corrected chi connectivity index (χ3v) is 6.98. The largest absolute Gasteiger partial charge is 0.505 e. The number of pyridine rings is 1. The second-order valence-corrected chi connectivity index (χ2v) is 10.5. The van der Waals surface area contributed by atoms with E-state index in [1.165, 1.54) is 0 Å². The molecule has 0 saturated carbocycles. The highest BCUT2D eigenvalue weighted by Crippen LogP contribution is 2.40. The van der Waals surface area contributed by atoms with E-state index in [-0.39, 0.29) is 16.7 Å². The van der Waals surface area contributed by atoms with E-state index in [4.69, 9.17) is 0 Å². The van der Waals surface area contributed by atoms with Gasteiger partial charge in [-0.3, -0.25) is 19.0 Å². The Balaban J connectivity index is 1.61. The van der Waals surface area contributed by atoms with Crippen molar-refractivity contribution in [3.63, 3.8) is 0 Å². The van der Waals surface area contributed by atoms with Gasteiger partial charge < -0.3 is 10.0 Å². The molecule has 5 rings (SSSR count). The van der Waals surface area contributed by atoms with E-state index >= 15 is 0 Å². The lowest BCUT2D eigenvalue weighted by Crippen LogP contribution is -2.36. The fourth-order valence-electron chi connectivity index (χ4n) is 5.03. The summed E-state index contributed by atoms with van der Waals surface area (Å²) in [7, 11) is 0. The van der Waals surface area contributed by atoms with E-state index in [0.717, 1.165) is 11.1 Å². The number of hydrogen-bond donors (Lipinski definition) is 2. The van der Waals surface area contributed by atoms with Crippen LogP contribution in [0.15, 0.2) is 73.0 Å². The number of hydrogen-bond acceptors (Lipinski definition) is 4. The number of likely N-dealkylation sites (tertiary alicyclic amines) is 1. The molecule has 1 saturated heterocycles. The predicted octanol–water partition coefficient (Wildman–Crippen LogP) is 4.07. The number of nitrogens with one attached hydrogen (secondary N) is 1. The van der Waals surface area contributed by atoms with Gasteiger partial charge in [-0.2, -0.15) is 0 Å². The Morgan fingerprint density at radius 1 is 1.14 bits per heavy atom. The van der Waals surface area contributed by atoms with Crippen molar-refractivity contribution in [1.82, 2.24) is 19.3 Å². The molecule has 1 amide bonds. The molecule has 4 aromatic rings. The van der Waals surface area contributed by atoms with Gasteiger partial charge in [0.1, 0.15) is 23.7 Å². The van der Waals surface area contributed by atoms with E-state index in [1.807, 2.05) is 65.8 Å². The number of carbonyl (C=O) groups excluding carboxylic acids is 2. The summed E-state index contributed by atoms with van der Waals surface area (Å²) in [5, 5.41) is 11.6. The molecule has 3 aromatic heterocycles. The maximum absolute atomic E-state index is 13.5. The van der Waals surface area contributed by atoms with Crippen molar-refractivity contribution < 1.29 is 19.3 Å². The van der Waals surface area contributed by atoms with Crippen molar-refractivity contribution >= 4 is 23.1 Å². The van der Waals surface area contributed by atoms with Gasteiger partial charge in [-0.1, -0.05) is 51.1 Å². The van der Waals surface area contributed by atoms with Crippen molar-refractivity contribution in [2.24, 2.45) is 0 Å². The topological polar surface area (TPSA) is 94.6 Å². The van der Waals surface area contributed by atoms with Crippen LogP contribution in [-0.4, -0.2) is 42.6 Å². The van der Waals surface area contributed by atoms with Crippen LogP contribution in [-0.2, 0) is 21.5 Å². The molecule has 1 aliphatic rings. The van der Waals surface area contributed by atoms with Crippen LogP contribution in [0.1, 0.15) is 55.7 Å². The zero-order valence-electron chi connectivity index (χ0n) is 21.6. The average molecular weight is 499 g/mol. The maximum atomic E-state index is 13.5. The SMILES string of the molecule is Cc1nc2ccccn2c1C(O)=C1C(=O)C(=O)N(CCC[n+]2cc[nH]c2)C1c1ccc(C(C)(C)C)cc1. The molecule has 37 heavy (non-hydrogen) atoms. The van der Waals surface area contributed by atoms with E-state index < -0.39 is 17.7 Å². The zero-order chi connectivity index (χ0) is 26.3. The summed E-state index contributed by atoms with van der Waals surface area (Å²) >= 11 is 0. The summed E-state index contributed by atoms with van der Waals surface area (Å²) in [6.45, 7) is 9.27. The van der Waals surface area contributed by atoms with Crippen molar-refractivity contribution in [3.05, 3.63) is 95.5 Å². The minimum atomic E-state index is -0.695. The molecule has 1 fully saturated rings. The molecule has 0 aliphatic carbocycles. The molecular formula is C29H32N5O3+. The van der Waals surface area contributed by atoms with Crippen LogP contribution < -0.4 is 4.57 Å². The Hall–Kier alpha value is -4.20. The fourth-order valence-corrected chi connectivity index (χ4v) is 5.03. The highest BCUT2D eigenvalue weighted by Gasteiger charge is 2.46. The van der Waals surface area contributed by atoms with Gasteiger partial charge in [0.2, 0.25) is 6.33 Å². The number of aliphatic hydroxyl groups is 1. The minimum absolute atomic E-state index is 0.0399. The number of aromatic amines is 1. The summed E-state index contributed by atoms with van der Waals surface area (Å²) in [5.41, 5.74) is 3.65. The summed E-state index contributed by atoms with van der Waals surface area (Å²) < 4.78 is 3.74. The number of fused-ring (bicyclic) bond motifs is 1. The number of benzene rings is 1. The van der Waals surface area contributed by atoms with Gasteiger partial charge in [0.15, 0.2) is 5.76 Å². The normalized spacial score (nSPS) is 17.7. The lowest BCUT2D eigenvalue weighted by atomic mass is 9.85. The second kappa shape index (κ2) is 9.35. The molecule has 2 N–H and O–H groups in total. The monoisotopic (exact) mass is 498 g/mol. The van der Waals surface area contributed by atoms with Crippen LogP contribution in [0.4, 0.5) is 0 Å². The van der Waals surface area contributed by atoms with Crippen molar-refractivity contribution in [2.75, 3.05) is 6.54 Å². The van der Waals surface area contributed by atoms with Crippen molar-refractivity contribution in [2.45, 2.75) is 52.1 Å². The summed E-state index contributed by atoms with van der Waals surface area (Å²) in [6, 6.07) is 12.8. The number of amides is 1. The zero-order valence-corrected chi connectivity index (χ0v) is 21.6. The number of H-pyrrole nitrogens is 1. The van der Waals surface area contributed by atoms with Gasteiger partial charge >= 0.3 is 0 Å². The number of Topliss-reactive ketones (excluding diaryl/α,β-unsaturated/α-hetero) is 1. The van der Waals surface area contributed by atoms with Gasteiger partial charge in [-0.05, 0) is 35.6 Å². The molecule has 190 valence electrons. The van der Waals surface area contributed by atoms with E-state index in [0.29, 0.717) is 36.5 Å². The van der Waals surface area contributed by atoms with Crippen molar-refractivity contribution in [3.8, 4) is 0 Å². The first-order valence-corrected chi connectivity index (χ1v) is 12.5. The molecule has 1 atom stereocenters. The standard InChI is InChI=1S/C29H31N5O3/c1-19-24(33-15-6-5-8-22(33)31-19)26(35)23-25(20-9-11-21(12-10-20)29(2,3)4)34(28(37)27(23)36)16-7-14-32-17-13-30-18-32/h5-6,8-13,15,17-18,25H,7,14,16H2,1-4H3,(H,35,36)/p+1. The number of imidazole rings is 2. The van der Waals surface area contributed by atoms with Crippen LogP contribution in [0, 0.1) is 6.92 Å². The maximum Gasteiger partial charge on any atom is 0.295 e. The number of aliphatic hydroxyl groups excluding tert-OH is 1. The Bertz CT molecular complexity index is 1490. The number of nitrogens with zero attached hydrogens (tertiary/aromatic N) is 4. The molecule has 8 heteroatoms. The van der Waals surface area contributed by atoms with E-state index in [9.17, 15) is 14.7 Å². The Morgan fingerprint density at radius 3 is 2.57 bits per heavy atom. The third kappa shape index (κ3) is 4.43. The van der Waals surface area contributed by atoms with Crippen LogP contribution >= 0.6 is 0 Å². The highest BCUT2D eigenvalue weighted by molar-refractivity contribution is 6.46. The number of rotatable bonds is 6. The van der Waals surface area contributed by atoms with Gasteiger partial charge in [0, 0.05) is 19.2 Å². The van der Waals surface area contributed by atoms with Crippen LogP contribution in [0.5, 0.6) is 0 Å². The number of aromatic nitrogens is 4. The molecule has 1 aromatic carbocycles. The van der Waals surface area contributed by atoms with Gasteiger partial charge in [-0.15, -0.1) is 0 Å². The third-order valence-electron chi connectivity index (χ3n) is 6.98. The van der Waals surface area contributed by atoms with Gasteiger partial charge in [0.25, 0.3) is 11.7 Å². The van der Waals surface area contributed by atoms with Crippen LogP contribution in [0.25, 0.3) is 11.4 Å². The lowest BCUT2D eigenvalue weighted by Gasteiger charge is -2.26. The first-order valence-electron chi connectivity index (χ1n) is 12.5. The Morgan fingerprint density at radius 2 is 1.89 bits per heavy atom. The number of carbonyl (C=O) groups is 2. The quantitative estimate of drug-likeness (QED) is 0.181. The van der Waals surface area contributed by atoms with Gasteiger partial charge in [-0.25, -0.2) is 9.55 Å². The molecule has 1 aliphatic heterocycles. The molecule has 8 nitrogen and oxygen atoms in total. The Labute approximate surface area is 215 Å². The second-order valence-electron chi connectivity index (χ2n) is 10.5. The molecule has 1 unspecified atom stereocenters. The summed E-state index contributed by atoms with van der Waals surface area (Å²) in [4.78, 5) is 35.9. The van der Waals surface area contributed by atoms with Gasteiger partial charge in [0.05, 0.1) is 23.9 Å². The predicted molar refractivity (Wildman–Crippen MR) is 140 cm³/mol. The summed E-state index contributed by atoms with van der Waals surface area (Å²) in [5.74, 6) is -1.49. The highest BCUT2D eigenvalue weighted by atomic mass is 16.3. The molecule has 0 radical (unpaired) electrons. The number of ketones is 1. The molecule has 0 spiro atoms. The van der Waals surface area contributed by atoms with E-state index in [2.05, 4.69) is 30.7 Å². The molecular weight excluding hydrogens is 466 g/mol. The smallest absolute Gasteiger partial charge is 0.295 e.